The summed E-state index contributed by atoms with van der Waals surface area (Å²) in [5, 5.41) is 2.64. The average Bonchev–Trinajstić information content (AvgIpc) is 3.26. The van der Waals surface area contributed by atoms with Gasteiger partial charge in [0.25, 0.3) is 5.91 Å². The topological polar surface area (TPSA) is 89.9 Å². The van der Waals surface area contributed by atoms with Crippen LogP contribution in [0.5, 0.6) is 11.5 Å². The van der Waals surface area contributed by atoms with Crippen LogP contribution in [-0.4, -0.2) is 46.9 Å². The van der Waals surface area contributed by atoms with E-state index >= 15 is 0 Å². The minimum Gasteiger partial charge on any atom is -0.486 e. The van der Waals surface area contributed by atoms with Gasteiger partial charge in [-0.3, -0.25) is 14.5 Å². The lowest BCUT2D eigenvalue weighted by Crippen LogP contribution is -2.41. The summed E-state index contributed by atoms with van der Waals surface area (Å²) in [4.78, 5) is 40.0. The number of imide groups is 1. The van der Waals surface area contributed by atoms with Crippen LogP contribution in [0.15, 0.2) is 48.5 Å². The second kappa shape index (κ2) is 8.26. The van der Waals surface area contributed by atoms with Crippen molar-refractivity contribution < 1.29 is 28.2 Å². The average molecular weight is 477 g/mol. The predicted molar refractivity (Wildman–Crippen MR) is 125 cm³/mol. The molecule has 2 aliphatic heterocycles. The molecule has 1 atom stereocenters. The lowest BCUT2D eigenvalue weighted by molar-refractivity contribution is -0.130. The molecule has 1 fully saturated rings. The van der Waals surface area contributed by atoms with E-state index in [1.165, 1.54) is 24.3 Å². The number of carbonyl (C=O) groups is 3. The number of halogens is 1. The third-order valence-electron chi connectivity index (χ3n) is 6.51. The molecule has 0 aliphatic carbocycles. The van der Waals surface area contributed by atoms with Crippen molar-refractivity contribution in [3.63, 3.8) is 0 Å². The summed E-state index contributed by atoms with van der Waals surface area (Å²) in [6.45, 7) is 5.78. The summed E-state index contributed by atoms with van der Waals surface area (Å²) in [6.07, 6.45) is 0. The van der Waals surface area contributed by atoms with Gasteiger partial charge < -0.3 is 19.4 Å². The molecule has 5 rings (SSSR count). The summed E-state index contributed by atoms with van der Waals surface area (Å²) >= 11 is 0. The van der Waals surface area contributed by atoms with Crippen molar-refractivity contribution in [3.05, 3.63) is 76.9 Å². The number of rotatable bonds is 5. The van der Waals surface area contributed by atoms with Crippen LogP contribution >= 0.6 is 0 Å². The van der Waals surface area contributed by atoms with Gasteiger partial charge in [0.05, 0.1) is 6.54 Å². The quantitative estimate of drug-likeness (QED) is 0.448. The Hall–Kier alpha value is -4.14. The molecule has 2 aromatic carbocycles. The van der Waals surface area contributed by atoms with Gasteiger partial charge in [0.2, 0.25) is 0 Å². The molecule has 0 radical (unpaired) electrons. The second-order valence-corrected chi connectivity index (χ2v) is 8.82. The molecule has 0 unspecified atom stereocenters. The molecular formula is C26H24FN3O5. The van der Waals surface area contributed by atoms with Crippen LogP contribution in [-0.2, 0) is 10.3 Å². The number of nitrogens with zero attached hydrogens (tertiary/aromatic N) is 2. The molecule has 9 heteroatoms. The van der Waals surface area contributed by atoms with E-state index in [1.807, 2.05) is 36.6 Å². The van der Waals surface area contributed by atoms with E-state index in [9.17, 15) is 18.8 Å². The highest BCUT2D eigenvalue weighted by molar-refractivity contribution is 6.11. The maximum atomic E-state index is 13.3. The number of nitrogens with one attached hydrogen (secondary N) is 1. The Morgan fingerprint density at radius 2 is 1.71 bits per heavy atom. The first-order valence-electron chi connectivity index (χ1n) is 11.2. The molecule has 0 spiro atoms. The van der Waals surface area contributed by atoms with Gasteiger partial charge in [-0.2, -0.15) is 0 Å². The predicted octanol–water partition coefficient (Wildman–Crippen LogP) is 3.65. The molecule has 180 valence electrons. The van der Waals surface area contributed by atoms with E-state index in [1.54, 1.807) is 13.0 Å². The zero-order valence-corrected chi connectivity index (χ0v) is 19.6. The molecule has 35 heavy (non-hydrogen) atoms. The fourth-order valence-corrected chi connectivity index (χ4v) is 4.66. The van der Waals surface area contributed by atoms with Gasteiger partial charge >= 0.3 is 6.03 Å². The number of ketones is 1. The molecule has 1 aromatic heterocycles. The van der Waals surface area contributed by atoms with Gasteiger partial charge in [-0.05, 0) is 56.7 Å². The highest BCUT2D eigenvalue weighted by Gasteiger charge is 2.49. The minimum absolute atomic E-state index is 0.367. The van der Waals surface area contributed by atoms with Crippen molar-refractivity contribution in [3.8, 4) is 17.2 Å². The van der Waals surface area contributed by atoms with E-state index in [0.717, 1.165) is 16.3 Å². The number of hydrogen-bond acceptors (Lipinski definition) is 5. The Bertz CT molecular complexity index is 1360. The van der Waals surface area contributed by atoms with Crippen LogP contribution < -0.4 is 14.8 Å². The number of amides is 3. The monoisotopic (exact) mass is 477 g/mol. The molecule has 8 nitrogen and oxygen atoms in total. The Labute approximate surface area is 201 Å². The van der Waals surface area contributed by atoms with Gasteiger partial charge in [-0.1, -0.05) is 12.1 Å². The van der Waals surface area contributed by atoms with Crippen LogP contribution in [0, 0.1) is 19.7 Å². The smallest absolute Gasteiger partial charge is 0.325 e. The molecule has 3 amide bonds. The van der Waals surface area contributed by atoms with Crippen molar-refractivity contribution in [1.29, 1.82) is 0 Å². The molecule has 1 saturated heterocycles. The summed E-state index contributed by atoms with van der Waals surface area (Å²) in [5.74, 6) is -0.0820. The zero-order chi connectivity index (χ0) is 24.9. The lowest BCUT2D eigenvalue weighted by Gasteiger charge is -2.22. The third-order valence-corrected chi connectivity index (χ3v) is 6.51. The number of hydrogen-bond donors (Lipinski definition) is 1. The molecule has 3 aromatic rings. The number of benzene rings is 2. The highest BCUT2D eigenvalue weighted by atomic mass is 19.1. The van der Waals surface area contributed by atoms with Crippen molar-refractivity contribution >= 4 is 17.7 Å². The lowest BCUT2D eigenvalue weighted by atomic mass is 9.92. The second-order valence-electron chi connectivity index (χ2n) is 8.82. The van der Waals surface area contributed by atoms with E-state index in [4.69, 9.17) is 9.47 Å². The Morgan fingerprint density at radius 3 is 2.43 bits per heavy atom. The van der Waals surface area contributed by atoms with E-state index in [0.29, 0.717) is 41.5 Å². The Balaban J connectivity index is 1.40. The zero-order valence-electron chi connectivity index (χ0n) is 19.6. The van der Waals surface area contributed by atoms with Crippen LogP contribution in [0.4, 0.5) is 9.18 Å². The number of ether oxygens (including phenoxy) is 2. The van der Waals surface area contributed by atoms with Gasteiger partial charge in [-0.15, -0.1) is 0 Å². The molecule has 3 heterocycles. The first-order valence-corrected chi connectivity index (χ1v) is 11.2. The molecule has 1 N–H and O–H groups in total. The van der Waals surface area contributed by atoms with Gasteiger partial charge in [0, 0.05) is 28.7 Å². The summed E-state index contributed by atoms with van der Waals surface area (Å²) in [5.41, 5.74) is 1.76. The summed E-state index contributed by atoms with van der Waals surface area (Å²) in [7, 11) is 0. The maximum absolute atomic E-state index is 13.3. The molecule has 0 saturated carbocycles. The van der Waals surface area contributed by atoms with Crippen LogP contribution in [0.25, 0.3) is 5.69 Å². The van der Waals surface area contributed by atoms with Crippen molar-refractivity contribution in [2.24, 2.45) is 0 Å². The molecule has 0 bridgehead atoms. The first kappa shape index (κ1) is 22.6. The summed E-state index contributed by atoms with van der Waals surface area (Å²) in [6, 6.07) is 12.0. The standard InChI is InChI=1S/C26H24FN3O5/c1-15-12-20(16(2)30(15)19-8-9-22-23(13-19)35-11-10-34-22)21(31)14-29-24(32)26(3,28-25(29)33)17-4-6-18(27)7-5-17/h4-9,12-13H,10-11,14H2,1-3H3,(H,28,33)/t26-/m0/s1. The van der Waals surface area contributed by atoms with Crippen molar-refractivity contribution in [2.75, 3.05) is 19.8 Å². The van der Waals surface area contributed by atoms with Crippen LogP contribution in [0.3, 0.4) is 0 Å². The van der Waals surface area contributed by atoms with E-state index in [2.05, 4.69) is 5.32 Å². The van der Waals surface area contributed by atoms with Gasteiger partial charge in [0.15, 0.2) is 17.3 Å². The van der Waals surface area contributed by atoms with Crippen molar-refractivity contribution in [2.45, 2.75) is 26.3 Å². The Kier molecular flexibility index (Phi) is 5.35. The number of carbonyl (C=O) groups excluding carboxylic acids is 3. The van der Waals surface area contributed by atoms with E-state index in [-0.39, 0.29) is 5.78 Å². The fraction of sp³-hybridized carbons (Fsp3) is 0.269. The fourth-order valence-electron chi connectivity index (χ4n) is 4.66. The van der Waals surface area contributed by atoms with Gasteiger partial charge in [-0.25, -0.2) is 9.18 Å². The number of Topliss-reactive ketones (excluding diaryl/α,β-unsaturated/α-hetero) is 1. The maximum Gasteiger partial charge on any atom is 0.325 e. The SMILES string of the molecule is Cc1cc(C(=O)CN2C(=O)N[C@@](C)(c3ccc(F)cc3)C2=O)c(C)n1-c1ccc2c(c1)OCCO2. The van der Waals surface area contributed by atoms with Gasteiger partial charge in [0.1, 0.15) is 24.6 Å². The normalized spacial score (nSPS) is 19.1. The molecule has 2 aliphatic rings. The number of fused-ring (bicyclic) bond motifs is 1. The molecular weight excluding hydrogens is 453 g/mol. The Morgan fingerprint density at radius 1 is 1.03 bits per heavy atom. The highest BCUT2D eigenvalue weighted by Crippen LogP contribution is 2.34. The first-order chi connectivity index (χ1) is 16.7. The number of aromatic nitrogens is 1. The number of aryl methyl sites for hydroxylation is 1. The minimum atomic E-state index is -1.38. The number of urea groups is 1. The largest absolute Gasteiger partial charge is 0.486 e. The van der Waals surface area contributed by atoms with Crippen LogP contribution in [0.1, 0.15) is 34.2 Å². The summed E-state index contributed by atoms with van der Waals surface area (Å²) < 4.78 is 26.5. The van der Waals surface area contributed by atoms with Crippen molar-refractivity contribution in [1.82, 2.24) is 14.8 Å². The van der Waals surface area contributed by atoms with E-state index < -0.39 is 29.8 Å². The third kappa shape index (κ3) is 3.73. The van der Waals surface area contributed by atoms with Crippen LogP contribution in [0.2, 0.25) is 0 Å².